The number of thiocarbonyl (C=S) groups is 1. The molecule has 2 N–H and O–H groups in total. The van der Waals surface area contributed by atoms with Gasteiger partial charge in [-0.3, -0.25) is 0 Å². The molecule has 2 rings (SSSR count). The summed E-state index contributed by atoms with van der Waals surface area (Å²) in [5.74, 6) is -0.244. The van der Waals surface area contributed by atoms with Crippen LogP contribution in [0, 0.1) is 0 Å². The summed E-state index contributed by atoms with van der Waals surface area (Å²) in [5, 5.41) is 2.00. The Morgan fingerprint density at radius 2 is 2.41 bits per heavy atom. The van der Waals surface area contributed by atoms with Crippen molar-refractivity contribution >= 4 is 38.6 Å². The van der Waals surface area contributed by atoms with Crippen LogP contribution in [0.2, 0.25) is 0 Å². The van der Waals surface area contributed by atoms with Crippen LogP contribution in [0.1, 0.15) is 23.4 Å². The molecule has 17 heavy (non-hydrogen) atoms. The maximum absolute atomic E-state index is 12.1. The lowest BCUT2D eigenvalue weighted by molar-refractivity contribution is 0.331. The van der Waals surface area contributed by atoms with Gasteiger partial charge in [0, 0.05) is 17.5 Å². The fraction of sp³-hybridized carbons (Fsp3) is 0.500. The first-order valence-corrected chi connectivity index (χ1v) is 8.15. The maximum atomic E-state index is 12.1. The zero-order chi connectivity index (χ0) is 12.6. The standard InChI is InChI=1S/C10H14N2O2S3/c1-7-8-3-5-16-9(8)2-4-12(7)17(13,14)6-10(11)15/h3,5,7H,2,4,6H2,1H3,(H2,11,15). The Labute approximate surface area is 110 Å². The molecule has 1 aliphatic rings. The van der Waals surface area contributed by atoms with Crippen LogP contribution in [-0.4, -0.2) is 30.0 Å². The molecule has 2 heterocycles. The number of hydrogen-bond acceptors (Lipinski definition) is 4. The Morgan fingerprint density at radius 3 is 3.06 bits per heavy atom. The number of fused-ring (bicyclic) bond motifs is 1. The number of rotatable bonds is 3. The lowest BCUT2D eigenvalue weighted by Gasteiger charge is -2.32. The van der Waals surface area contributed by atoms with Crippen LogP contribution >= 0.6 is 23.6 Å². The van der Waals surface area contributed by atoms with E-state index in [0.717, 1.165) is 12.0 Å². The van der Waals surface area contributed by atoms with Crippen molar-refractivity contribution in [1.82, 2.24) is 4.31 Å². The molecule has 1 aliphatic heterocycles. The fourth-order valence-electron chi connectivity index (χ4n) is 2.13. The van der Waals surface area contributed by atoms with E-state index < -0.39 is 10.0 Å². The highest BCUT2D eigenvalue weighted by atomic mass is 32.2. The minimum Gasteiger partial charge on any atom is -0.392 e. The van der Waals surface area contributed by atoms with Gasteiger partial charge >= 0.3 is 0 Å². The summed E-state index contributed by atoms with van der Waals surface area (Å²) >= 11 is 6.37. The maximum Gasteiger partial charge on any atom is 0.221 e. The molecule has 94 valence electrons. The molecule has 1 aromatic rings. The largest absolute Gasteiger partial charge is 0.392 e. The molecule has 0 saturated carbocycles. The quantitative estimate of drug-likeness (QED) is 0.852. The van der Waals surface area contributed by atoms with Crippen molar-refractivity contribution < 1.29 is 8.42 Å². The van der Waals surface area contributed by atoms with Crippen molar-refractivity contribution in [3.63, 3.8) is 0 Å². The van der Waals surface area contributed by atoms with Gasteiger partial charge in [0.15, 0.2) is 0 Å². The van der Waals surface area contributed by atoms with E-state index in [1.54, 1.807) is 11.3 Å². The average molecular weight is 290 g/mol. The van der Waals surface area contributed by atoms with Crippen LogP contribution in [0.5, 0.6) is 0 Å². The van der Waals surface area contributed by atoms with Crippen LogP contribution in [0.15, 0.2) is 11.4 Å². The molecule has 7 heteroatoms. The van der Waals surface area contributed by atoms with Crippen molar-refractivity contribution in [2.24, 2.45) is 5.73 Å². The van der Waals surface area contributed by atoms with Crippen LogP contribution in [0.3, 0.4) is 0 Å². The van der Waals surface area contributed by atoms with Gasteiger partial charge in [0.1, 0.15) is 5.75 Å². The molecule has 0 spiro atoms. The molecule has 1 unspecified atom stereocenters. The number of nitrogens with two attached hydrogens (primary N) is 1. The SMILES string of the molecule is CC1c2ccsc2CCN1S(=O)(=O)CC(N)=S. The highest BCUT2D eigenvalue weighted by Gasteiger charge is 2.33. The third-order valence-corrected chi connectivity index (χ3v) is 6.12. The van der Waals surface area contributed by atoms with Crippen molar-refractivity contribution in [1.29, 1.82) is 0 Å². The summed E-state index contributed by atoms with van der Waals surface area (Å²) in [6.07, 6.45) is 0.772. The molecule has 0 aliphatic carbocycles. The summed E-state index contributed by atoms with van der Waals surface area (Å²) < 4.78 is 25.7. The highest BCUT2D eigenvalue weighted by molar-refractivity contribution is 7.92. The monoisotopic (exact) mass is 290 g/mol. The van der Waals surface area contributed by atoms with E-state index in [2.05, 4.69) is 12.2 Å². The zero-order valence-corrected chi connectivity index (χ0v) is 11.9. The Balaban J connectivity index is 2.29. The van der Waals surface area contributed by atoms with Crippen molar-refractivity contribution in [3.8, 4) is 0 Å². The summed E-state index contributed by atoms with van der Waals surface area (Å²) in [7, 11) is -3.38. The van der Waals surface area contributed by atoms with Crippen LogP contribution in [0.25, 0.3) is 0 Å². The Morgan fingerprint density at radius 1 is 1.71 bits per heavy atom. The molecule has 0 fully saturated rings. The normalized spacial score (nSPS) is 21.1. The lowest BCUT2D eigenvalue weighted by Crippen LogP contribution is -2.41. The van der Waals surface area contributed by atoms with E-state index in [0.29, 0.717) is 6.54 Å². The lowest BCUT2D eigenvalue weighted by atomic mass is 10.0. The number of thiophene rings is 1. The van der Waals surface area contributed by atoms with Gasteiger partial charge in [-0.2, -0.15) is 4.31 Å². The molecule has 0 aromatic carbocycles. The van der Waals surface area contributed by atoms with Gasteiger partial charge < -0.3 is 5.73 Å². The van der Waals surface area contributed by atoms with Gasteiger partial charge in [-0.05, 0) is 30.4 Å². The van der Waals surface area contributed by atoms with E-state index >= 15 is 0 Å². The molecule has 1 atom stereocenters. The predicted octanol–water partition coefficient (Wildman–Crippen LogP) is 1.28. The predicted molar refractivity (Wildman–Crippen MR) is 73.7 cm³/mol. The summed E-state index contributed by atoms with van der Waals surface area (Å²) in [6.45, 7) is 2.42. The molecule has 1 aromatic heterocycles. The highest BCUT2D eigenvalue weighted by Crippen LogP contribution is 2.34. The first-order chi connectivity index (χ1) is 7.92. The van der Waals surface area contributed by atoms with Gasteiger partial charge in [0.05, 0.1) is 4.99 Å². The molecule has 0 bridgehead atoms. The minimum absolute atomic E-state index is 0.0216. The Hall–Kier alpha value is -0.500. The first-order valence-electron chi connectivity index (χ1n) is 5.26. The molecule has 0 saturated heterocycles. The third kappa shape index (κ3) is 2.52. The van der Waals surface area contributed by atoms with Crippen molar-refractivity contribution in [3.05, 3.63) is 21.9 Å². The van der Waals surface area contributed by atoms with Crippen LogP contribution in [0.4, 0.5) is 0 Å². The van der Waals surface area contributed by atoms with E-state index in [1.807, 2.05) is 18.4 Å². The molecule has 0 amide bonds. The molecule has 0 radical (unpaired) electrons. The van der Waals surface area contributed by atoms with Crippen LogP contribution < -0.4 is 5.73 Å². The summed E-state index contributed by atoms with van der Waals surface area (Å²) in [5.41, 5.74) is 6.44. The summed E-state index contributed by atoms with van der Waals surface area (Å²) in [6, 6.07) is 1.87. The fourth-order valence-corrected chi connectivity index (χ4v) is 5.03. The Bertz CT molecular complexity index is 536. The second kappa shape index (κ2) is 4.64. The van der Waals surface area contributed by atoms with Gasteiger partial charge in [0.2, 0.25) is 10.0 Å². The molecular weight excluding hydrogens is 276 g/mol. The first kappa shape index (κ1) is 12.9. The topological polar surface area (TPSA) is 63.4 Å². The van der Waals surface area contributed by atoms with E-state index in [4.69, 9.17) is 5.73 Å². The second-order valence-corrected chi connectivity index (χ2v) is 7.50. The molecule has 4 nitrogen and oxygen atoms in total. The number of hydrogen-bond donors (Lipinski definition) is 1. The molecular formula is C10H14N2O2S3. The van der Waals surface area contributed by atoms with Crippen molar-refractivity contribution in [2.45, 2.75) is 19.4 Å². The third-order valence-electron chi connectivity index (χ3n) is 2.90. The van der Waals surface area contributed by atoms with E-state index in [9.17, 15) is 8.42 Å². The van der Waals surface area contributed by atoms with Gasteiger partial charge in [-0.1, -0.05) is 12.2 Å². The van der Waals surface area contributed by atoms with E-state index in [-0.39, 0.29) is 16.8 Å². The van der Waals surface area contributed by atoms with Gasteiger partial charge in [-0.15, -0.1) is 11.3 Å². The van der Waals surface area contributed by atoms with Gasteiger partial charge in [0.25, 0.3) is 0 Å². The number of sulfonamides is 1. The van der Waals surface area contributed by atoms with Gasteiger partial charge in [-0.25, -0.2) is 8.42 Å². The average Bonchev–Trinajstić information content (AvgIpc) is 2.64. The minimum atomic E-state index is -3.38. The van der Waals surface area contributed by atoms with Crippen LogP contribution in [-0.2, 0) is 16.4 Å². The summed E-state index contributed by atoms with van der Waals surface area (Å²) in [4.78, 5) is 1.30. The number of nitrogens with zero attached hydrogens (tertiary/aromatic N) is 1. The second-order valence-electron chi connectivity index (χ2n) is 4.06. The zero-order valence-electron chi connectivity index (χ0n) is 9.42. The Kier molecular flexibility index (Phi) is 3.53. The van der Waals surface area contributed by atoms with E-state index in [1.165, 1.54) is 9.18 Å². The smallest absolute Gasteiger partial charge is 0.221 e. The van der Waals surface area contributed by atoms with Crippen molar-refractivity contribution in [2.75, 3.05) is 12.3 Å².